The maximum absolute atomic E-state index is 13.1. The number of hydrogen-bond acceptors (Lipinski definition) is 4. The second kappa shape index (κ2) is 5.40. The van der Waals surface area contributed by atoms with Crippen LogP contribution in [0.25, 0.3) is 0 Å². The van der Waals surface area contributed by atoms with Gasteiger partial charge in [0.15, 0.2) is 0 Å². The minimum Gasteiger partial charge on any atom is -0.213 e. The Balaban J connectivity index is 2.18. The van der Waals surface area contributed by atoms with Gasteiger partial charge in [-0.2, -0.15) is 8.61 Å². The fourth-order valence-electron chi connectivity index (χ4n) is 2.02. The lowest BCUT2D eigenvalue weighted by molar-refractivity contribution is 0.274. The summed E-state index contributed by atoms with van der Waals surface area (Å²) in [5.41, 5.74) is 0. The summed E-state index contributed by atoms with van der Waals surface area (Å²) in [6.07, 6.45) is 1.09. The lowest BCUT2D eigenvalue weighted by Gasteiger charge is -2.32. The Bertz CT molecular complexity index is 695. The third-order valence-electron chi connectivity index (χ3n) is 3.10. The lowest BCUT2D eigenvalue weighted by atomic mass is 10.4. The van der Waals surface area contributed by atoms with Gasteiger partial charge >= 0.3 is 0 Å². The minimum absolute atomic E-state index is 0.0614. The highest BCUT2D eigenvalue weighted by atomic mass is 32.2. The highest BCUT2D eigenvalue weighted by Crippen LogP contribution is 2.19. The van der Waals surface area contributed by atoms with Crippen LogP contribution >= 0.6 is 0 Å². The molecule has 1 saturated heterocycles. The summed E-state index contributed by atoms with van der Waals surface area (Å²) in [6, 6.07) is 4.77. The summed E-state index contributed by atoms with van der Waals surface area (Å²) in [4.78, 5) is -0.120. The first kappa shape index (κ1) is 15.4. The smallest absolute Gasteiger partial charge is 0.213 e. The first-order valence-corrected chi connectivity index (χ1v) is 9.21. The molecule has 0 radical (unpaired) electrons. The van der Waals surface area contributed by atoms with Gasteiger partial charge in [0.2, 0.25) is 20.0 Å². The van der Waals surface area contributed by atoms with Crippen LogP contribution in [-0.2, 0) is 20.0 Å². The molecule has 1 aromatic carbocycles. The second-order valence-electron chi connectivity index (χ2n) is 4.52. The fraction of sp³-hybridized carbons (Fsp3) is 0.455. The van der Waals surface area contributed by atoms with Gasteiger partial charge in [-0.3, -0.25) is 0 Å². The van der Waals surface area contributed by atoms with Gasteiger partial charge in [0.1, 0.15) is 5.82 Å². The van der Waals surface area contributed by atoms with Gasteiger partial charge < -0.3 is 0 Å². The normalized spacial score (nSPS) is 19.1. The van der Waals surface area contributed by atoms with Crippen molar-refractivity contribution in [3.05, 3.63) is 30.1 Å². The van der Waals surface area contributed by atoms with Gasteiger partial charge in [0.25, 0.3) is 0 Å². The average Bonchev–Trinajstić information content (AvgIpc) is 2.38. The van der Waals surface area contributed by atoms with E-state index in [1.807, 2.05) is 0 Å². The molecule has 0 bridgehead atoms. The van der Waals surface area contributed by atoms with Crippen molar-refractivity contribution >= 4 is 20.0 Å². The van der Waals surface area contributed by atoms with Crippen LogP contribution in [0.1, 0.15) is 0 Å². The molecule has 1 fully saturated rings. The van der Waals surface area contributed by atoms with E-state index in [1.54, 1.807) is 0 Å². The molecule has 1 aliphatic heterocycles. The summed E-state index contributed by atoms with van der Waals surface area (Å²) in [5.74, 6) is -0.624. The third-order valence-corrected chi connectivity index (χ3v) is 6.30. The van der Waals surface area contributed by atoms with E-state index in [0.717, 1.165) is 12.3 Å². The van der Waals surface area contributed by atoms with Crippen molar-refractivity contribution in [1.29, 1.82) is 0 Å². The molecule has 112 valence electrons. The highest BCUT2D eigenvalue weighted by Gasteiger charge is 2.31. The Morgan fingerprint density at radius 3 is 2.05 bits per heavy atom. The van der Waals surface area contributed by atoms with Crippen LogP contribution < -0.4 is 0 Å². The molecule has 2 rings (SSSR count). The van der Waals surface area contributed by atoms with Crippen molar-refractivity contribution in [1.82, 2.24) is 8.61 Å². The zero-order chi connectivity index (χ0) is 15.0. The zero-order valence-electron chi connectivity index (χ0n) is 10.9. The maximum atomic E-state index is 13.1. The van der Waals surface area contributed by atoms with Crippen LogP contribution in [0, 0.1) is 5.82 Å². The van der Waals surface area contributed by atoms with Gasteiger partial charge in [-0.1, -0.05) is 6.07 Å². The lowest BCUT2D eigenvalue weighted by Crippen LogP contribution is -2.50. The molecule has 20 heavy (non-hydrogen) atoms. The first-order valence-electron chi connectivity index (χ1n) is 5.92. The number of hydrogen-bond donors (Lipinski definition) is 0. The minimum atomic E-state index is -3.78. The van der Waals surface area contributed by atoms with E-state index < -0.39 is 25.9 Å². The van der Waals surface area contributed by atoms with Crippen LogP contribution in [0.5, 0.6) is 0 Å². The summed E-state index contributed by atoms with van der Waals surface area (Å²) in [5, 5.41) is 0. The summed E-state index contributed by atoms with van der Waals surface area (Å²) < 4.78 is 62.8. The van der Waals surface area contributed by atoms with Crippen molar-refractivity contribution in [3.63, 3.8) is 0 Å². The molecule has 0 amide bonds. The summed E-state index contributed by atoms with van der Waals surface area (Å²) in [6.45, 7) is 0.332. The van der Waals surface area contributed by atoms with Crippen molar-refractivity contribution in [2.24, 2.45) is 0 Å². The molecule has 0 N–H and O–H groups in total. The van der Waals surface area contributed by atoms with Crippen LogP contribution in [0.2, 0.25) is 0 Å². The summed E-state index contributed by atoms with van der Waals surface area (Å²) >= 11 is 0. The molecule has 0 atom stereocenters. The Labute approximate surface area is 117 Å². The topological polar surface area (TPSA) is 74.8 Å². The molecular weight excluding hydrogens is 307 g/mol. The van der Waals surface area contributed by atoms with Gasteiger partial charge in [-0.15, -0.1) is 0 Å². The van der Waals surface area contributed by atoms with Crippen LogP contribution in [0.3, 0.4) is 0 Å². The molecule has 1 aliphatic rings. The molecule has 1 aromatic rings. The van der Waals surface area contributed by atoms with E-state index in [1.165, 1.54) is 26.8 Å². The van der Waals surface area contributed by atoms with Gasteiger partial charge in [-0.05, 0) is 18.2 Å². The average molecular weight is 322 g/mol. The Hall–Kier alpha value is -1.03. The number of halogens is 1. The first-order chi connectivity index (χ1) is 9.21. The molecule has 0 saturated carbocycles. The monoisotopic (exact) mass is 322 g/mol. The van der Waals surface area contributed by atoms with E-state index in [2.05, 4.69) is 0 Å². The van der Waals surface area contributed by atoms with E-state index in [-0.39, 0.29) is 31.1 Å². The molecule has 1 heterocycles. The molecule has 0 aromatic heterocycles. The number of sulfonamides is 2. The molecule has 6 nitrogen and oxygen atoms in total. The van der Waals surface area contributed by atoms with Crippen LogP contribution in [0.15, 0.2) is 29.2 Å². The Kier molecular flexibility index (Phi) is 4.14. The number of benzene rings is 1. The van der Waals surface area contributed by atoms with E-state index in [0.29, 0.717) is 0 Å². The second-order valence-corrected chi connectivity index (χ2v) is 8.44. The van der Waals surface area contributed by atoms with Gasteiger partial charge in [0.05, 0.1) is 11.2 Å². The number of piperazine rings is 1. The van der Waals surface area contributed by atoms with Crippen molar-refractivity contribution in [2.45, 2.75) is 4.90 Å². The van der Waals surface area contributed by atoms with Gasteiger partial charge in [-0.25, -0.2) is 21.2 Å². The van der Waals surface area contributed by atoms with Crippen molar-refractivity contribution in [2.75, 3.05) is 32.4 Å². The van der Waals surface area contributed by atoms with E-state index in [9.17, 15) is 21.2 Å². The van der Waals surface area contributed by atoms with Crippen molar-refractivity contribution < 1.29 is 21.2 Å². The highest BCUT2D eigenvalue weighted by molar-refractivity contribution is 7.89. The van der Waals surface area contributed by atoms with Gasteiger partial charge in [0, 0.05) is 26.2 Å². The number of rotatable bonds is 3. The SMILES string of the molecule is CS(=O)(=O)N1CCN(S(=O)(=O)c2cccc(F)c2)CC1. The Morgan fingerprint density at radius 1 is 1.00 bits per heavy atom. The zero-order valence-corrected chi connectivity index (χ0v) is 12.5. The maximum Gasteiger partial charge on any atom is 0.243 e. The molecule has 9 heteroatoms. The molecule has 0 unspecified atom stereocenters. The quantitative estimate of drug-likeness (QED) is 0.790. The predicted octanol–water partition coefficient (Wildman–Crippen LogP) is 0.0916. The van der Waals surface area contributed by atoms with E-state index >= 15 is 0 Å². The molecular formula is C11H15FN2O4S2. The third kappa shape index (κ3) is 3.17. The van der Waals surface area contributed by atoms with Crippen LogP contribution in [0.4, 0.5) is 4.39 Å². The number of nitrogens with zero attached hydrogens (tertiary/aromatic N) is 2. The standard InChI is InChI=1S/C11H15FN2O4S2/c1-19(15,16)13-5-7-14(8-6-13)20(17,18)11-4-2-3-10(12)9-11/h2-4,9H,5-8H2,1H3. The Morgan fingerprint density at radius 2 is 1.55 bits per heavy atom. The predicted molar refractivity (Wildman–Crippen MR) is 71.6 cm³/mol. The fourth-order valence-corrected chi connectivity index (χ4v) is 4.30. The molecule has 0 spiro atoms. The van der Waals surface area contributed by atoms with E-state index in [4.69, 9.17) is 0 Å². The summed E-state index contributed by atoms with van der Waals surface area (Å²) in [7, 11) is -7.10. The van der Waals surface area contributed by atoms with Crippen molar-refractivity contribution in [3.8, 4) is 0 Å². The molecule has 0 aliphatic carbocycles. The van der Waals surface area contributed by atoms with Crippen LogP contribution in [-0.4, -0.2) is 57.9 Å². The largest absolute Gasteiger partial charge is 0.243 e.